The fourth-order valence-electron chi connectivity index (χ4n) is 2.91. The summed E-state index contributed by atoms with van der Waals surface area (Å²) in [5.74, 6) is 0.221. The van der Waals surface area contributed by atoms with Gasteiger partial charge in [0.05, 0.1) is 12.3 Å². The lowest BCUT2D eigenvalue weighted by Crippen LogP contribution is -2.23. The van der Waals surface area contributed by atoms with E-state index in [-0.39, 0.29) is 18.2 Å². The molecule has 0 bridgehead atoms. The lowest BCUT2D eigenvalue weighted by molar-refractivity contribution is -0.155. The first-order valence-corrected chi connectivity index (χ1v) is 11.0. The molecular formula is C25H32ClNO5. The summed E-state index contributed by atoms with van der Waals surface area (Å²) < 4.78 is 16.4. The van der Waals surface area contributed by atoms with Crippen LogP contribution in [0.15, 0.2) is 36.4 Å². The van der Waals surface area contributed by atoms with Gasteiger partial charge in [0.1, 0.15) is 18.0 Å². The Morgan fingerprint density at radius 2 is 1.78 bits per heavy atom. The summed E-state index contributed by atoms with van der Waals surface area (Å²) in [4.78, 5) is 24.2. The molecule has 0 spiro atoms. The number of aryl methyl sites for hydroxylation is 1. The number of rotatable bonds is 11. The van der Waals surface area contributed by atoms with Gasteiger partial charge >= 0.3 is 5.97 Å². The molecule has 2 aromatic rings. The predicted molar refractivity (Wildman–Crippen MR) is 126 cm³/mol. The Kier molecular flexibility index (Phi) is 9.54. The minimum Gasteiger partial charge on any atom is -0.489 e. The van der Waals surface area contributed by atoms with E-state index in [0.717, 1.165) is 11.1 Å². The van der Waals surface area contributed by atoms with Crippen molar-refractivity contribution in [3.8, 4) is 5.75 Å². The van der Waals surface area contributed by atoms with Crippen LogP contribution in [0.1, 0.15) is 55.1 Å². The second-order valence-corrected chi connectivity index (χ2v) is 8.99. The second-order valence-electron chi connectivity index (χ2n) is 8.59. The molecule has 2 N–H and O–H groups in total. The number of ketones is 1. The number of hydrogen-bond acceptors (Lipinski definition) is 6. The molecule has 0 unspecified atom stereocenters. The van der Waals surface area contributed by atoms with Crippen molar-refractivity contribution < 1.29 is 23.8 Å². The third kappa shape index (κ3) is 8.89. The van der Waals surface area contributed by atoms with E-state index in [2.05, 4.69) is 0 Å². The smallest absolute Gasteiger partial charge is 0.306 e. The van der Waals surface area contributed by atoms with Crippen molar-refractivity contribution in [2.45, 2.75) is 52.6 Å². The van der Waals surface area contributed by atoms with Crippen LogP contribution in [0, 0.1) is 6.92 Å². The number of anilines is 1. The average molecular weight is 462 g/mol. The molecule has 32 heavy (non-hydrogen) atoms. The maximum atomic E-state index is 12.6. The van der Waals surface area contributed by atoms with E-state index in [0.29, 0.717) is 54.7 Å². The van der Waals surface area contributed by atoms with E-state index in [1.807, 2.05) is 45.9 Å². The summed E-state index contributed by atoms with van der Waals surface area (Å²) in [5.41, 5.74) is 8.32. The average Bonchev–Trinajstić information content (AvgIpc) is 2.69. The Bertz CT molecular complexity index is 936. The van der Waals surface area contributed by atoms with Crippen LogP contribution in [0.25, 0.3) is 0 Å². The molecule has 0 amide bonds. The molecule has 0 atom stereocenters. The minimum absolute atomic E-state index is 0.0449. The highest BCUT2D eigenvalue weighted by atomic mass is 35.5. The zero-order valence-electron chi connectivity index (χ0n) is 19.2. The van der Waals surface area contributed by atoms with Gasteiger partial charge in [0, 0.05) is 30.0 Å². The maximum absolute atomic E-state index is 12.6. The molecule has 0 aromatic heterocycles. The zero-order chi connectivity index (χ0) is 23.7. The summed E-state index contributed by atoms with van der Waals surface area (Å²) in [6, 6.07) is 10.6. The Morgan fingerprint density at radius 3 is 2.44 bits per heavy atom. The van der Waals surface area contributed by atoms with Crippen LogP contribution in [-0.4, -0.2) is 37.2 Å². The quantitative estimate of drug-likeness (QED) is 0.215. The Balaban J connectivity index is 1.72. The number of ether oxygens (including phenoxy) is 3. The van der Waals surface area contributed by atoms with Crippen LogP contribution in [0.2, 0.25) is 5.02 Å². The van der Waals surface area contributed by atoms with Gasteiger partial charge < -0.3 is 19.9 Å². The molecule has 0 aliphatic carbocycles. The number of benzene rings is 2. The molecule has 2 aromatic carbocycles. The number of carbonyl (C=O) groups is 2. The highest BCUT2D eigenvalue weighted by Gasteiger charge is 2.15. The molecule has 6 nitrogen and oxygen atoms in total. The van der Waals surface area contributed by atoms with E-state index >= 15 is 0 Å². The van der Waals surface area contributed by atoms with Crippen molar-refractivity contribution in [1.29, 1.82) is 0 Å². The summed E-state index contributed by atoms with van der Waals surface area (Å²) >= 11 is 6.14. The topological polar surface area (TPSA) is 87.8 Å². The molecule has 0 fully saturated rings. The van der Waals surface area contributed by atoms with Crippen LogP contribution in [0.5, 0.6) is 5.75 Å². The molecule has 0 heterocycles. The number of hydrogen-bond donors (Lipinski definition) is 1. The summed E-state index contributed by atoms with van der Waals surface area (Å²) in [5, 5.41) is 0.644. The molecule has 174 valence electrons. The molecule has 0 aliphatic heterocycles. The van der Waals surface area contributed by atoms with Gasteiger partial charge in [-0.25, -0.2) is 0 Å². The molecule has 2 rings (SSSR count). The number of carbonyl (C=O) groups excluding carboxylic acids is 2. The van der Waals surface area contributed by atoms with Crippen molar-refractivity contribution in [2.24, 2.45) is 0 Å². The van der Waals surface area contributed by atoms with Crippen molar-refractivity contribution in [3.63, 3.8) is 0 Å². The Labute approximate surface area is 195 Å². The predicted octanol–water partition coefficient (Wildman–Crippen LogP) is 5.17. The Morgan fingerprint density at radius 1 is 1.03 bits per heavy atom. The first kappa shape index (κ1) is 25.7. The van der Waals surface area contributed by atoms with Gasteiger partial charge in [-0.2, -0.15) is 0 Å². The number of nitrogens with two attached hydrogens (primary N) is 1. The van der Waals surface area contributed by atoms with E-state index in [1.165, 1.54) is 0 Å². The molecule has 0 saturated heterocycles. The fourth-order valence-corrected chi connectivity index (χ4v) is 3.11. The zero-order valence-corrected chi connectivity index (χ0v) is 20.0. The number of Topliss-reactive ketones (excluding diaryl/α,β-unsaturated/α-hetero) is 1. The van der Waals surface area contributed by atoms with Crippen molar-refractivity contribution in [3.05, 3.63) is 58.1 Å². The molecule has 7 heteroatoms. The minimum atomic E-state index is -0.472. The third-order valence-electron chi connectivity index (χ3n) is 4.51. The fraction of sp³-hybridized carbons (Fsp3) is 0.440. The van der Waals surface area contributed by atoms with Gasteiger partial charge in [-0.15, -0.1) is 0 Å². The number of esters is 1. The lowest BCUT2D eigenvalue weighted by atomic mass is 10.0. The monoisotopic (exact) mass is 461 g/mol. The van der Waals surface area contributed by atoms with Gasteiger partial charge in [-0.05, 0) is 69.5 Å². The standard InChI is InChI=1S/C25H32ClNO5/c1-17-7-8-18(14-20(17)26)15-22(28)19-9-10-23(21(27)16-19)31-13-12-30-11-5-6-24(29)32-25(2,3)4/h7-10,14,16H,5-6,11-13,15,27H2,1-4H3. The first-order chi connectivity index (χ1) is 15.0. The van der Waals surface area contributed by atoms with Crippen LogP contribution >= 0.6 is 11.6 Å². The molecule has 0 radical (unpaired) electrons. The number of nitrogen functional groups attached to an aromatic ring is 1. The van der Waals surface area contributed by atoms with Crippen LogP contribution in [0.3, 0.4) is 0 Å². The highest BCUT2D eigenvalue weighted by Crippen LogP contribution is 2.24. The summed E-state index contributed by atoms with van der Waals surface area (Å²) in [6.07, 6.45) is 1.15. The van der Waals surface area contributed by atoms with Crippen LogP contribution in [0.4, 0.5) is 5.69 Å². The van der Waals surface area contributed by atoms with E-state index in [9.17, 15) is 9.59 Å². The van der Waals surface area contributed by atoms with E-state index in [4.69, 9.17) is 31.5 Å². The van der Waals surface area contributed by atoms with Crippen molar-refractivity contribution >= 4 is 29.0 Å². The summed E-state index contributed by atoms with van der Waals surface area (Å²) in [7, 11) is 0. The van der Waals surface area contributed by atoms with E-state index in [1.54, 1.807) is 18.2 Å². The van der Waals surface area contributed by atoms with E-state index < -0.39 is 5.60 Å². The molecule has 0 aliphatic rings. The normalized spacial score (nSPS) is 11.3. The van der Waals surface area contributed by atoms with Gasteiger partial charge in [0.15, 0.2) is 5.78 Å². The van der Waals surface area contributed by atoms with Crippen LogP contribution < -0.4 is 10.5 Å². The SMILES string of the molecule is Cc1ccc(CC(=O)c2ccc(OCCOCCCC(=O)OC(C)(C)C)c(N)c2)cc1Cl. The Hall–Kier alpha value is -2.57. The number of halogens is 1. The van der Waals surface area contributed by atoms with Gasteiger partial charge in [-0.3, -0.25) is 9.59 Å². The van der Waals surface area contributed by atoms with Crippen LogP contribution in [-0.2, 0) is 20.7 Å². The third-order valence-corrected chi connectivity index (χ3v) is 4.91. The highest BCUT2D eigenvalue weighted by molar-refractivity contribution is 6.31. The van der Waals surface area contributed by atoms with Gasteiger partial charge in [0.25, 0.3) is 0 Å². The lowest BCUT2D eigenvalue weighted by Gasteiger charge is -2.19. The summed E-state index contributed by atoms with van der Waals surface area (Å²) in [6.45, 7) is 8.55. The second kappa shape index (κ2) is 11.9. The molecular weight excluding hydrogens is 430 g/mol. The van der Waals surface area contributed by atoms with Crippen molar-refractivity contribution in [2.75, 3.05) is 25.6 Å². The molecule has 0 saturated carbocycles. The largest absolute Gasteiger partial charge is 0.489 e. The van der Waals surface area contributed by atoms with Gasteiger partial charge in [0.2, 0.25) is 0 Å². The van der Waals surface area contributed by atoms with Gasteiger partial charge in [-0.1, -0.05) is 23.7 Å². The van der Waals surface area contributed by atoms with Crippen molar-refractivity contribution in [1.82, 2.24) is 0 Å². The first-order valence-electron chi connectivity index (χ1n) is 10.7. The maximum Gasteiger partial charge on any atom is 0.306 e.